The van der Waals surface area contributed by atoms with E-state index in [1.54, 1.807) is 0 Å². The third-order valence-electron chi connectivity index (χ3n) is 4.54. The number of aromatic nitrogens is 4. The molecule has 3 rings (SSSR count). The average Bonchev–Trinajstić information content (AvgIpc) is 3.15. The summed E-state index contributed by atoms with van der Waals surface area (Å²) in [4.78, 5) is 9.60. The molecule has 7 nitrogen and oxygen atoms in total. The molecule has 1 N–H and O–H groups in total. The maximum atomic E-state index is 15.3. The molecule has 0 aliphatic heterocycles. The summed E-state index contributed by atoms with van der Waals surface area (Å²) in [6, 6.07) is -0.0490. The number of nitrogens with zero attached hydrogens (tertiary/aromatic N) is 5. The topological polar surface area (TPSA) is 67.6 Å². The Morgan fingerprint density at radius 2 is 1.94 bits per heavy atom. The Kier molecular flexibility index (Phi) is 7.03. The molecular formula is C19H20ClF5N6O. The summed E-state index contributed by atoms with van der Waals surface area (Å²) < 4.78 is 76.1. The van der Waals surface area contributed by atoms with Crippen LogP contribution in [0.1, 0.15) is 13.3 Å². The molecule has 2 aromatic heterocycles. The van der Waals surface area contributed by atoms with Gasteiger partial charge in [-0.1, -0.05) is 11.6 Å². The number of nitrogens with one attached hydrogen (secondary N) is 1. The highest BCUT2D eigenvalue weighted by Crippen LogP contribution is 2.40. The fourth-order valence-electron chi connectivity index (χ4n) is 2.90. The predicted octanol–water partition coefficient (Wildman–Crippen LogP) is 4.42. The number of fused-ring (bicyclic) bond motifs is 1. The first-order valence-corrected chi connectivity index (χ1v) is 9.87. The lowest BCUT2D eigenvalue weighted by Gasteiger charge is -2.22. The molecule has 1 aromatic carbocycles. The second kappa shape index (κ2) is 9.41. The summed E-state index contributed by atoms with van der Waals surface area (Å²) in [7, 11) is 3.73. The Labute approximate surface area is 185 Å². The molecule has 32 heavy (non-hydrogen) atoms. The molecule has 0 radical (unpaired) electrons. The minimum Gasteiger partial charge on any atom is -0.490 e. The zero-order valence-electron chi connectivity index (χ0n) is 17.3. The fourth-order valence-corrected chi connectivity index (χ4v) is 3.15. The molecule has 13 heteroatoms. The van der Waals surface area contributed by atoms with Gasteiger partial charge in [-0.3, -0.25) is 0 Å². The average molecular weight is 479 g/mol. The number of ether oxygens (including phenoxy) is 1. The number of hydrogen-bond donors (Lipinski definition) is 1. The van der Waals surface area contributed by atoms with Gasteiger partial charge in [-0.25, -0.2) is 8.78 Å². The fraction of sp³-hybridized carbons (Fsp3) is 0.421. The van der Waals surface area contributed by atoms with Gasteiger partial charge in [-0.05, 0) is 39.6 Å². The van der Waals surface area contributed by atoms with Crippen LogP contribution in [0, 0.1) is 11.6 Å². The first-order chi connectivity index (χ1) is 15.0. The van der Waals surface area contributed by atoms with E-state index in [0.717, 1.165) is 29.9 Å². The molecule has 0 saturated carbocycles. The molecule has 0 fully saturated rings. The molecule has 3 aromatic rings. The van der Waals surface area contributed by atoms with Crippen LogP contribution in [0.5, 0.6) is 5.75 Å². The van der Waals surface area contributed by atoms with Gasteiger partial charge in [0.1, 0.15) is 29.2 Å². The molecular weight excluding hydrogens is 459 g/mol. The Balaban J connectivity index is 2.11. The van der Waals surface area contributed by atoms with Crippen molar-refractivity contribution in [3.05, 3.63) is 35.2 Å². The van der Waals surface area contributed by atoms with Crippen molar-refractivity contribution >= 4 is 23.2 Å². The van der Waals surface area contributed by atoms with Crippen molar-refractivity contribution in [1.82, 2.24) is 24.5 Å². The summed E-state index contributed by atoms with van der Waals surface area (Å²) in [6.45, 7) is 1.67. The second-order valence-corrected chi connectivity index (χ2v) is 7.60. The minimum atomic E-state index is -4.66. The van der Waals surface area contributed by atoms with Crippen LogP contribution in [0.2, 0.25) is 5.15 Å². The smallest absolute Gasteiger partial charge is 0.408 e. The van der Waals surface area contributed by atoms with E-state index in [9.17, 15) is 17.6 Å². The van der Waals surface area contributed by atoms with Crippen LogP contribution in [0.3, 0.4) is 0 Å². The van der Waals surface area contributed by atoms with Crippen LogP contribution in [0.4, 0.5) is 27.8 Å². The second-order valence-electron chi connectivity index (χ2n) is 7.25. The molecule has 0 saturated heterocycles. The number of rotatable bonds is 8. The summed E-state index contributed by atoms with van der Waals surface area (Å²) in [5, 5.41) is 5.55. The van der Waals surface area contributed by atoms with Crippen molar-refractivity contribution in [3.8, 4) is 16.9 Å². The van der Waals surface area contributed by atoms with Crippen LogP contribution < -0.4 is 10.1 Å². The highest BCUT2D eigenvalue weighted by atomic mass is 35.5. The third kappa shape index (κ3) is 5.01. The summed E-state index contributed by atoms with van der Waals surface area (Å²) >= 11 is 6.16. The van der Waals surface area contributed by atoms with Crippen molar-refractivity contribution < 1.29 is 26.7 Å². The lowest BCUT2D eigenvalue weighted by molar-refractivity contribution is -0.138. The van der Waals surface area contributed by atoms with Crippen LogP contribution in [0.15, 0.2) is 18.5 Å². The van der Waals surface area contributed by atoms with Crippen molar-refractivity contribution in [2.75, 3.05) is 32.6 Å². The van der Waals surface area contributed by atoms with Crippen molar-refractivity contribution in [3.63, 3.8) is 0 Å². The first kappa shape index (κ1) is 23.9. The number of halogens is 6. The van der Waals surface area contributed by atoms with Gasteiger partial charge in [0.15, 0.2) is 11.6 Å². The first-order valence-electron chi connectivity index (χ1n) is 9.49. The molecule has 0 aliphatic carbocycles. The normalized spacial score (nSPS) is 13.1. The molecule has 2 heterocycles. The Hall–Kier alpha value is -2.73. The maximum Gasteiger partial charge on any atom is 0.408 e. The van der Waals surface area contributed by atoms with Gasteiger partial charge < -0.3 is 15.0 Å². The van der Waals surface area contributed by atoms with E-state index in [0.29, 0.717) is 13.0 Å². The Morgan fingerprint density at radius 3 is 2.59 bits per heavy atom. The highest BCUT2D eigenvalue weighted by molar-refractivity contribution is 6.33. The zero-order valence-corrected chi connectivity index (χ0v) is 18.1. The van der Waals surface area contributed by atoms with Gasteiger partial charge in [0.2, 0.25) is 0 Å². The summed E-state index contributed by atoms with van der Waals surface area (Å²) in [5.41, 5.74) is -1.13. The minimum absolute atomic E-state index is 0.143. The van der Waals surface area contributed by atoms with E-state index in [-0.39, 0.29) is 18.1 Å². The lowest BCUT2D eigenvalue weighted by atomic mass is 10.1. The molecule has 1 atom stereocenters. The van der Waals surface area contributed by atoms with Gasteiger partial charge >= 0.3 is 6.18 Å². The monoisotopic (exact) mass is 478 g/mol. The molecule has 0 spiro atoms. The SMILES string of the molecule is C[C@@H](Nc1c(-c2c(F)ccc(OCCCN(C)C)c2F)c(Cl)nc2ncnn12)C(F)(F)F. The van der Waals surface area contributed by atoms with E-state index in [2.05, 4.69) is 20.4 Å². The van der Waals surface area contributed by atoms with Gasteiger partial charge in [0.25, 0.3) is 5.78 Å². The Morgan fingerprint density at radius 1 is 1.22 bits per heavy atom. The molecule has 0 amide bonds. The van der Waals surface area contributed by atoms with Gasteiger partial charge in [0, 0.05) is 6.54 Å². The molecule has 0 aliphatic rings. The van der Waals surface area contributed by atoms with Crippen LogP contribution in [0.25, 0.3) is 16.9 Å². The largest absolute Gasteiger partial charge is 0.490 e. The van der Waals surface area contributed by atoms with E-state index >= 15 is 4.39 Å². The van der Waals surface area contributed by atoms with Gasteiger partial charge in [-0.2, -0.15) is 32.8 Å². The van der Waals surface area contributed by atoms with Crippen molar-refractivity contribution in [1.29, 1.82) is 0 Å². The quantitative estimate of drug-likeness (QED) is 0.294. The highest BCUT2D eigenvalue weighted by Gasteiger charge is 2.38. The standard InChI is InChI=1S/C19H20ClF5N6O/c1-10(19(23,24)25)28-17-14(16(20)29-18-26-9-27-31(17)18)13-11(21)5-6-12(15(13)22)32-8-4-7-30(2)3/h5-6,9-10,28H,4,7-8H2,1-3H3/t10-/m1/s1. The van der Waals surface area contributed by atoms with Crippen LogP contribution in [-0.4, -0.2) is 63.9 Å². The van der Waals surface area contributed by atoms with Crippen LogP contribution >= 0.6 is 11.6 Å². The number of benzene rings is 1. The van der Waals surface area contributed by atoms with Crippen LogP contribution in [-0.2, 0) is 0 Å². The lowest BCUT2D eigenvalue weighted by Crippen LogP contribution is -2.34. The zero-order chi connectivity index (χ0) is 23.6. The van der Waals surface area contributed by atoms with E-state index < -0.39 is 46.0 Å². The summed E-state index contributed by atoms with van der Waals surface area (Å²) in [6.07, 6.45) is -3.06. The maximum absolute atomic E-state index is 15.3. The van der Waals surface area contributed by atoms with E-state index in [1.165, 1.54) is 0 Å². The van der Waals surface area contributed by atoms with Crippen molar-refractivity contribution in [2.45, 2.75) is 25.6 Å². The molecule has 174 valence electrons. The molecule has 0 bridgehead atoms. The Bertz CT molecular complexity index is 1100. The molecule has 0 unspecified atom stereocenters. The van der Waals surface area contributed by atoms with Gasteiger partial charge in [-0.15, -0.1) is 0 Å². The third-order valence-corrected chi connectivity index (χ3v) is 4.81. The van der Waals surface area contributed by atoms with Crippen molar-refractivity contribution in [2.24, 2.45) is 0 Å². The summed E-state index contributed by atoms with van der Waals surface area (Å²) in [5.74, 6) is -3.02. The number of anilines is 1. The van der Waals surface area contributed by atoms with Gasteiger partial charge in [0.05, 0.1) is 17.7 Å². The van der Waals surface area contributed by atoms with E-state index in [4.69, 9.17) is 16.3 Å². The number of alkyl halides is 3. The predicted molar refractivity (Wildman–Crippen MR) is 109 cm³/mol. The van der Waals surface area contributed by atoms with E-state index in [1.807, 2.05) is 19.0 Å². The number of hydrogen-bond acceptors (Lipinski definition) is 6.